The van der Waals surface area contributed by atoms with E-state index in [2.05, 4.69) is 23.5 Å². The molecular formula is C19H21NO3. The molecule has 2 aromatic rings. The Labute approximate surface area is 136 Å². The molecule has 0 spiro atoms. The lowest BCUT2D eigenvalue weighted by molar-refractivity contribution is 0.188. The molecule has 1 atom stereocenters. The first-order valence-corrected chi connectivity index (χ1v) is 8.03. The van der Waals surface area contributed by atoms with Crippen LogP contribution in [0, 0.1) is 0 Å². The molecule has 0 fully saturated rings. The standard InChI is InChI=1S/C19H21NO3/c1-2-23-16-10-8-13(9-11-16)15-7-6-14-4-3-5-18(17(14)12-15)20-19(21)22/h6-12,18,20H,2-5H2,1H3,(H,21,22). The number of carboxylic acid groups (broad SMARTS) is 1. The van der Waals surface area contributed by atoms with Gasteiger partial charge in [0.15, 0.2) is 0 Å². The summed E-state index contributed by atoms with van der Waals surface area (Å²) in [5, 5.41) is 11.7. The Hall–Kier alpha value is -2.49. The van der Waals surface area contributed by atoms with Crippen LogP contribution < -0.4 is 10.1 Å². The number of fused-ring (bicyclic) bond motifs is 1. The van der Waals surface area contributed by atoms with Crippen LogP contribution in [0.25, 0.3) is 11.1 Å². The molecule has 0 saturated heterocycles. The summed E-state index contributed by atoms with van der Waals surface area (Å²) in [7, 11) is 0. The van der Waals surface area contributed by atoms with E-state index in [0.29, 0.717) is 6.61 Å². The average molecular weight is 311 g/mol. The Morgan fingerprint density at radius 3 is 2.65 bits per heavy atom. The van der Waals surface area contributed by atoms with Gasteiger partial charge in [0, 0.05) is 0 Å². The molecule has 2 N–H and O–H groups in total. The highest BCUT2D eigenvalue weighted by Crippen LogP contribution is 2.33. The maximum Gasteiger partial charge on any atom is 0.405 e. The molecule has 0 saturated carbocycles. The van der Waals surface area contributed by atoms with Gasteiger partial charge in [0.1, 0.15) is 5.75 Å². The van der Waals surface area contributed by atoms with Crippen LogP contribution in [0.1, 0.15) is 36.9 Å². The van der Waals surface area contributed by atoms with Crippen molar-refractivity contribution in [1.82, 2.24) is 5.32 Å². The zero-order valence-electron chi connectivity index (χ0n) is 13.2. The molecule has 1 amide bonds. The van der Waals surface area contributed by atoms with Gasteiger partial charge in [0.05, 0.1) is 12.6 Å². The van der Waals surface area contributed by atoms with Crippen molar-refractivity contribution in [1.29, 1.82) is 0 Å². The van der Waals surface area contributed by atoms with Crippen molar-refractivity contribution in [2.45, 2.75) is 32.2 Å². The molecule has 120 valence electrons. The summed E-state index contributed by atoms with van der Waals surface area (Å²) in [6.07, 6.45) is 1.91. The van der Waals surface area contributed by atoms with Crippen molar-refractivity contribution in [3.63, 3.8) is 0 Å². The lowest BCUT2D eigenvalue weighted by Gasteiger charge is -2.26. The third-order valence-corrected chi connectivity index (χ3v) is 4.26. The molecule has 0 aliphatic heterocycles. The van der Waals surface area contributed by atoms with E-state index in [4.69, 9.17) is 9.84 Å². The predicted octanol–water partition coefficient (Wildman–Crippen LogP) is 4.40. The molecule has 1 unspecified atom stereocenters. The van der Waals surface area contributed by atoms with Crippen LogP contribution >= 0.6 is 0 Å². The van der Waals surface area contributed by atoms with E-state index < -0.39 is 6.09 Å². The molecule has 0 aromatic heterocycles. The minimum Gasteiger partial charge on any atom is -0.494 e. The van der Waals surface area contributed by atoms with E-state index in [1.54, 1.807) is 0 Å². The minimum absolute atomic E-state index is 0.112. The van der Waals surface area contributed by atoms with Crippen LogP contribution in [0.15, 0.2) is 42.5 Å². The van der Waals surface area contributed by atoms with Crippen LogP contribution in [-0.4, -0.2) is 17.8 Å². The van der Waals surface area contributed by atoms with Crippen LogP contribution in [0.3, 0.4) is 0 Å². The predicted molar refractivity (Wildman–Crippen MR) is 89.9 cm³/mol. The number of nitrogens with one attached hydrogen (secondary N) is 1. The highest BCUT2D eigenvalue weighted by Gasteiger charge is 2.22. The second-order valence-electron chi connectivity index (χ2n) is 5.77. The van der Waals surface area contributed by atoms with Gasteiger partial charge in [-0.05, 0) is 66.6 Å². The molecule has 0 bridgehead atoms. The molecule has 1 aliphatic rings. The number of carbonyl (C=O) groups is 1. The lowest BCUT2D eigenvalue weighted by Crippen LogP contribution is -2.29. The second kappa shape index (κ2) is 6.73. The smallest absolute Gasteiger partial charge is 0.405 e. The van der Waals surface area contributed by atoms with Gasteiger partial charge in [-0.3, -0.25) is 0 Å². The highest BCUT2D eigenvalue weighted by atomic mass is 16.5. The summed E-state index contributed by atoms with van der Waals surface area (Å²) in [6.45, 7) is 2.62. The average Bonchev–Trinajstić information content (AvgIpc) is 2.55. The fourth-order valence-electron chi connectivity index (χ4n) is 3.19. The molecule has 3 rings (SSSR count). The minimum atomic E-state index is -0.964. The molecule has 1 aliphatic carbocycles. The monoisotopic (exact) mass is 311 g/mol. The molecule has 0 heterocycles. The quantitative estimate of drug-likeness (QED) is 0.880. The summed E-state index contributed by atoms with van der Waals surface area (Å²) in [5.41, 5.74) is 4.55. The Morgan fingerprint density at radius 2 is 1.96 bits per heavy atom. The number of amides is 1. The van der Waals surface area contributed by atoms with Crippen molar-refractivity contribution in [3.05, 3.63) is 53.6 Å². The lowest BCUT2D eigenvalue weighted by atomic mass is 9.85. The highest BCUT2D eigenvalue weighted by molar-refractivity contribution is 5.68. The Bertz CT molecular complexity index is 694. The van der Waals surface area contributed by atoms with Crippen molar-refractivity contribution in [2.75, 3.05) is 6.61 Å². The van der Waals surface area contributed by atoms with Crippen LogP contribution in [0.2, 0.25) is 0 Å². The van der Waals surface area contributed by atoms with Crippen LogP contribution in [-0.2, 0) is 6.42 Å². The second-order valence-corrected chi connectivity index (χ2v) is 5.77. The zero-order chi connectivity index (χ0) is 16.2. The third kappa shape index (κ3) is 3.47. The third-order valence-electron chi connectivity index (χ3n) is 4.26. The largest absolute Gasteiger partial charge is 0.494 e. The number of hydrogen-bond acceptors (Lipinski definition) is 2. The summed E-state index contributed by atoms with van der Waals surface area (Å²) in [4.78, 5) is 11.0. The summed E-state index contributed by atoms with van der Waals surface area (Å²) < 4.78 is 5.47. The first kappa shape index (κ1) is 15.4. The number of hydrogen-bond donors (Lipinski definition) is 2. The van der Waals surface area contributed by atoms with Crippen molar-refractivity contribution in [3.8, 4) is 16.9 Å². The molecule has 23 heavy (non-hydrogen) atoms. The van der Waals surface area contributed by atoms with E-state index in [-0.39, 0.29) is 6.04 Å². The summed E-state index contributed by atoms with van der Waals surface area (Å²) in [5.74, 6) is 0.861. The Kier molecular flexibility index (Phi) is 4.51. The maximum absolute atomic E-state index is 11.0. The first-order chi connectivity index (χ1) is 11.2. The first-order valence-electron chi connectivity index (χ1n) is 8.03. The SMILES string of the molecule is CCOc1ccc(-c2ccc3c(c2)C(NC(=O)O)CCC3)cc1. The van der Waals surface area contributed by atoms with Gasteiger partial charge in [-0.1, -0.05) is 24.3 Å². The van der Waals surface area contributed by atoms with Gasteiger partial charge >= 0.3 is 6.09 Å². The fourth-order valence-corrected chi connectivity index (χ4v) is 3.19. The van der Waals surface area contributed by atoms with Gasteiger partial charge in [-0.2, -0.15) is 0 Å². The van der Waals surface area contributed by atoms with E-state index in [0.717, 1.165) is 41.7 Å². The van der Waals surface area contributed by atoms with E-state index in [9.17, 15) is 4.79 Å². The van der Waals surface area contributed by atoms with Gasteiger partial charge in [-0.25, -0.2) is 4.79 Å². The maximum atomic E-state index is 11.0. The normalized spacial score (nSPS) is 16.5. The fraction of sp³-hybridized carbons (Fsp3) is 0.316. The molecule has 4 nitrogen and oxygen atoms in total. The van der Waals surface area contributed by atoms with Crippen LogP contribution in [0.5, 0.6) is 5.75 Å². The number of ether oxygens (including phenoxy) is 1. The molecule has 2 aromatic carbocycles. The Morgan fingerprint density at radius 1 is 1.22 bits per heavy atom. The number of aryl methyl sites for hydroxylation is 1. The van der Waals surface area contributed by atoms with Gasteiger partial charge in [-0.15, -0.1) is 0 Å². The summed E-state index contributed by atoms with van der Waals surface area (Å²) in [6, 6.07) is 14.2. The van der Waals surface area contributed by atoms with E-state index in [1.807, 2.05) is 31.2 Å². The van der Waals surface area contributed by atoms with E-state index >= 15 is 0 Å². The number of benzene rings is 2. The van der Waals surface area contributed by atoms with Crippen molar-refractivity contribution < 1.29 is 14.6 Å². The van der Waals surface area contributed by atoms with Crippen LogP contribution in [0.4, 0.5) is 4.79 Å². The van der Waals surface area contributed by atoms with E-state index in [1.165, 1.54) is 5.56 Å². The van der Waals surface area contributed by atoms with Gasteiger partial charge < -0.3 is 15.2 Å². The Balaban J connectivity index is 1.91. The molecular weight excluding hydrogens is 290 g/mol. The van der Waals surface area contributed by atoms with Crippen molar-refractivity contribution >= 4 is 6.09 Å². The van der Waals surface area contributed by atoms with Crippen molar-refractivity contribution in [2.24, 2.45) is 0 Å². The molecule has 0 radical (unpaired) electrons. The van der Waals surface area contributed by atoms with Gasteiger partial charge in [0.2, 0.25) is 0 Å². The zero-order valence-corrected chi connectivity index (χ0v) is 13.2. The molecule has 4 heteroatoms. The summed E-state index contributed by atoms with van der Waals surface area (Å²) >= 11 is 0. The van der Waals surface area contributed by atoms with Gasteiger partial charge in [0.25, 0.3) is 0 Å². The number of rotatable bonds is 4. The topological polar surface area (TPSA) is 58.6 Å².